The van der Waals surface area contributed by atoms with Gasteiger partial charge in [0, 0.05) is 19.2 Å². The first-order valence-corrected chi connectivity index (χ1v) is 6.69. The molecule has 1 aromatic carbocycles. The van der Waals surface area contributed by atoms with E-state index in [0.29, 0.717) is 0 Å². The van der Waals surface area contributed by atoms with Gasteiger partial charge >= 0.3 is 0 Å². The smallest absolute Gasteiger partial charge is 0.181 e. The molecule has 1 N–H and O–H groups in total. The average Bonchev–Trinajstić information content (AvgIpc) is 2.95. The van der Waals surface area contributed by atoms with Crippen LogP contribution in [0.15, 0.2) is 33.5 Å². The zero-order chi connectivity index (χ0) is 13.4. The van der Waals surface area contributed by atoms with Crippen molar-refractivity contribution >= 4 is 27.0 Å². The van der Waals surface area contributed by atoms with E-state index >= 15 is 0 Å². The van der Waals surface area contributed by atoms with Gasteiger partial charge in [0.2, 0.25) is 0 Å². The fourth-order valence-corrected chi connectivity index (χ4v) is 2.86. The van der Waals surface area contributed by atoms with Crippen LogP contribution in [0.1, 0.15) is 5.69 Å². The van der Waals surface area contributed by atoms with Crippen LogP contribution < -0.4 is 5.32 Å². The van der Waals surface area contributed by atoms with E-state index in [4.69, 9.17) is 4.42 Å². The van der Waals surface area contributed by atoms with Crippen molar-refractivity contribution in [1.82, 2.24) is 20.1 Å². The van der Waals surface area contributed by atoms with Gasteiger partial charge in [-0.15, -0.1) is 0 Å². The molecule has 19 heavy (non-hydrogen) atoms. The number of halogens is 1. The lowest BCUT2D eigenvalue weighted by molar-refractivity contribution is 0.602. The van der Waals surface area contributed by atoms with E-state index in [9.17, 15) is 0 Å². The summed E-state index contributed by atoms with van der Waals surface area (Å²) < 4.78 is 8.22. The first kappa shape index (κ1) is 12.4. The lowest BCUT2D eigenvalue weighted by Gasteiger charge is -2.02. The number of benzene rings is 1. The van der Waals surface area contributed by atoms with Gasteiger partial charge in [-0.3, -0.25) is 4.68 Å². The molecule has 2 aromatic heterocycles. The van der Waals surface area contributed by atoms with Gasteiger partial charge in [-0.2, -0.15) is 5.10 Å². The van der Waals surface area contributed by atoms with E-state index in [0.717, 1.165) is 39.1 Å². The quantitative estimate of drug-likeness (QED) is 0.806. The van der Waals surface area contributed by atoms with Gasteiger partial charge in [-0.1, -0.05) is 6.07 Å². The maximum atomic E-state index is 5.35. The van der Waals surface area contributed by atoms with Gasteiger partial charge in [-0.05, 0) is 35.1 Å². The number of oxazole rings is 1. The molecule has 5 nitrogen and oxygen atoms in total. The monoisotopic (exact) mass is 320 g/mol. The SMILES string of the molecule is CNCc1nn(C)c(-c2ccc3ncoc3c2)c1Br. The molecular weight excluding hydrogens is 308 g/mol. The standard InChI is InChI=1S/C13H13BrN4O/c1-15-6-10-12(14)13(18(2)17-10)8-3-4-9-11(5-8)19-7-16-9/h3-5,7,15H,6H2,1-2H3. The Morgan fingerprint density at radius 2 is 2.26 bits per heavy atom. The molecule has 0 spiro atoms. The molecule has 3 rings (SSSR count). The van der Waals surface area contributed by atoms with Crippen molar-refractivity contribution in [3.8, 4) is 11.3 Å². The second-order valence-electron chi connectivity index (χ2n) is 4.30. The van der Waals surface area contributed by atoms with Crippen LogP contribution in [-0.4, -0.2) is 21.8 Å². The Bertz CT molecular complexity index is 731. The summed E-state index contributed by atoms with van der Waals surface area (Å²) in [5, 5.41) is 7.61. The van der Waals surface area contributed by atoms with Crippen LogP contribution in [-0.2, 0) is 13.6 Å². The number of aromatic nitrogens is 3. The van der Waals surface area contributed by atoms with Crippen LogP contribution in [0.2, 0.25) is 0 Å². The Hall–Kier alpha value is -1.66. The molecule has 0 amide bonds. The van der Waals surface area contributed by atoms with E-state index in [1.54, 1.807) is 0 Å². The van der Waals surface area contributed by atoms with Crippen molar-refractivity contribution < 1.29 is 4.42 Å². The Kier molecular flexibility index (Phi) is 3.12. The summed E-state index contributed by atoms with van der Waals surface area (Å²) in [5.74, 6) is 0. The highest BCUT2D eigenvalue weighted by molar-refractivity contribution is 9.10. The number of hydrogen-bond donors (Lipinski definition) is 1. The summed E-state index contributed by atoms with van der Waals surface area (Å²) in [6.45, 7) is 0.721. The third kappa shape index (κ3) is 2.06. The molecule has 98 valence electrons. The summed E-state index contributed by atoms with van der Waals surface area (Å²) in [7, 11) is 3.84. The van der Waals surface area contributed by atoms with Crippen molar-refractivity contribution in [3.05, 3.63) is 34.8 Å². The predicted octanol–water partition coefficient (Wildman–Crippen LogP) is 2.71. The van der Waals surface area contributed by atoms with Crippen LogP contribution in [0.5, 0.6) is 0 Å². The number of aryl methyl sites for hydroxylation is 1. The molecule has 3 aromatic rings. The number of fused-ring (bicyclic) bond motifs is 1. The minimum Gasteiger partial charge on any atom is -0.443 e. The van der Waals surface area contributed by atoms with Crippen molar-refractivity contribution in [2.75, 3.05) is 7.05 Å². The van der Waals surface area contributed by atoms with E-state index in [1.807, 2.05) is 37.0 Å². The van der Waals surface area contributed by atoms with E-state index in [1.165, 1.54) is 6.39 Å². The zero-order valence-electron chi connectivity index (χ0n) is 10.6. The van der Waals surface area contributed by atoms with E-state index in [-0.39, 0.29) is 0 Å². The molecule has 0 radical (unpaired) electrons. The fraction of sp³-hybridized carbons (Fsp3) is 0.231. The third-order valence-electron chi connectivity index (χ3n) is 3.00. The topological polar surface area (TPSA) is 55.9 Å². The highest BCUT2D eigenvalue weighted by Gasteiger charge is 2.15. The van der Waals surface area contributed by atoms with E-state index in [2.05, 4.69) is 31.3 Å². The minimum atomic E-state index is 0.721. The number of hydrogen-bond acceptors (Lipinski definition) is 4. The van der Waals surface area contributed by atoms with Crippen LogP contribution in [0.25, 0.3) is 22.4 Å². The summed E-state index contributed by atoms with van der Waals surface area (Å²) in [6, 6.07) is 5.95. The zero-order valence-corrected chi connectivity index (χ0v) is 12.2. The normalized spacial score (nSPS) is 11.3. The van der Waals surface area contributed by atoms with Gasteiger partial charge in [-0.25, -0.2) is 4.98 Å². The maximum absolute atomic E-state index is 5.35. The molecule has 0 aliphatic carbocycles. The van der Waals surface area contributed by atoms with Gasteiger partial charge < -0.3 is 9.73 Å². The molecule has 0 aliphatic rings. The summed E-state index contributed by atoms with van der Waals surface area (Å²) in [4.78, 5) is 4.12. The highest BCUT2D eigenvalue weighted by Crippen LogP contribution is 2.32. The van der Waals surface area contributed by atoms with Crippen molar-refractivity contribution in [2.24, 2.45) is 7.05 Å². The van der Waals surface area contributed by atoms with Crippen LogP contribution in [0.4, 0.5) is 0 Å². The Balaban J connectivity index is 2.14. The summed E-state index contributed by atoms with van der Waals surface area (Å²) in [5.41, 5.74) is 4.70. The van der Waals surface area contributed by atoms with Gasteiger partial charge in [0.15, 0.2) is 12.0 Å². The molecule has 0 saturated carbocycles. The molecule has 6 heteroatoms. The van der Waals surface area contributed by atoms with Crippen molar-refractivity contribution in [2.45, 2.75) is 6.54 Å². The first-order valence-electron chi connectivity index (χ1n) is 5.90. The van der Waals surface area contributed by atoms with Gasteiger partial charge in [0.05, 0.1) is 15.9 Å². The molecule has 0 aliphatic heterocycles. The second kappa shape index (κ2) is 4.79. The highest BCUT2D eigenvalue weighted by atomic mass is 79.9. The minimum absolute atomic E-state index is 0.721. The largest absolute Gasteiger partial charge is 0.443 e. The Morgan fingerprint density at radius 1 is 1.42 bits per heavy atom. The van der Waals surface area contributed by atoms with Gasteiger partial charge in [0.1, 0.15) is 5.52 Å². The summed E-state index contributed by atoms with van der Waals surface area (Å²) >= 11 is 3.63. The van der Waals surface area contributed by atoms with Crippen LogP contribution in [0.3, 0.4) is 0 Å². The predicted molar refractivity (Wildman–Crippen MR) is 76.7 cm³/mol. The van der Waals surface area contributed by atoms with Crippen molar-refractivity contribution in [3.63, 3.8) is 0 Å². The second-order valence-corrected chi connectivity index (χ2v) is 5.09. The molecule has 0 unspecified atom stereocenters. The lowest BCUT2D eigenvalue weighted by atomic mass is 10.1. The maximum Gasteiger partial charge on any atom is 0.181 e. The number of nitrogens with one attached hydrogen (secondary N) is 1. The molecule has 0 saturated heterocycles. The first-order chi connectivity index (χ1) is 9.20. The Labute approximate surface area is 118 Å². The lowest BCUT2D eigenvalue weighted by Crippen LogP contribution is -2.06. The van der Waals surface area contributed by atoms with Crippen LogP contribution in [0, 0.1) is 0 Å². The third-order valence-corrected chi connectivity index (χ3v) is 3.84. The molecule has 0 atom stereocenters. The molecule has 0 bridgehead atoms. The Morgan fingerprint density at radius 3 is 3.05 bits per heavy atom. The van der Waals surface area contributed by atoms with Gasteiger partial charge in [0.25, 0.3) is 0 Å². The summed E-state index contributed by atoms with van der Waals surface area (Å²) in [6.07, 6.45) is 1.46. The van der Waals surface area contributed by atoms with Crippen LogP contribution >= 0.6 is 15.9 Å². The number of nitrogens with zero attached hydrogens (tertiary/aromatic N) is 3. The van der Waals surface area contributed by atoms with Crippen molar-refractivity contribution in [1.29, 1.82) is 0 Å². The average molecular weight is 321 g/mol. The molecular formula is C13H13BrN4O. The molecule has 0 fully saturated rings. The molecule has 2 heterocycles. The fourth-order valence-electron chi connectivity index (χ4n) is 2.15. The van der Waals surface area contributed by atoms with E-state index < -0.39 is 0 Å². The number of rotatable bonds is 3.